The van der Waals surface area contributed by atoms with Crippen molar-refractivity contribution in [1.82, 2.24) is 10.1 Å². The number of rotatable bonds is 6. The molecule has 2 fully saturated rings. The van der Waals surface area contributed by atoms with Crippen molar-refractivity contribution in [1.29, 1.82) is 0 Å². The topological polar surface area (TPSA) is 85.0 Å². The Bertz CT molecular complexity index is 776. The first-order valence-corrected chi connectivity index (χ1v) is 9.82. The standard InChI is InChI=1S/C20H26N2O5/c23-20(24)22-10-8-15(9-11-22)13-26-19-18-16(6-3-7-17(18)27-21-19)25-12-14-4-1-2-5-14/h3,6-7,14-15H,1-2,4-5,8-13H2,(H,23,24). The Kier molecular flexibility index (Phi) is 5.36. The fourth-order valence-electron chi connectivity index (χ4n) is 4.03. The number of fused-ring (bicyclic) bond motifs is 1. The summed E-state index contributed by atoms with van der Waals surface area (Å²) in [6.45, 7) is 2.33. The number of nitrogens with zero attached hydrogens (tertiary/aromatic N) is 2. The minimum Gasteiger partial charge on any atom is -0.492 e. The largest absolute Gasteiger partial charge is 0.492 e. The average molecular weight is 374 g/mol. The molecule has 4 rings (SSSR count). The van der Waals surface area contributed by atoms with Crippen LogP contribution in [-0.4, -0.2) is 47.6 Å². The second-order valence-corrected chi connectivity index (χ2v) is 7.60. The van der Waals surface area contributed by atoms with Crippen LogP contribution in [0.3, 0.4) is 0 Å². The first kappa shape index (κ1) is 17.9. The van der Waals surface area contributed by atoms with Gasteiger partial charge in [0.15, 0.2) is 5.58 Å². The zero-order chi connectivity index (χ0) is 18.6. The molecule has 2 heterocycles. The number of likely N-dealkylation sites (tertiary alicyclic amines) is 1. The van der Waals surface area contributed by atoms with E-state index in [2.05, 4.69) is 5.16 Å². The lowest BCUT2D eigenvalue weighted by molar-refractivity contribution is 0.110. The van der Waals surface area contributed by atoms with Gasteiger partial charge in [-0.25, -0.2) is 4.79 Å². The molecule has 1 amide bonds. The molecule has 1 saturated heterocycles. The number of amides is 1. The highest BCUT2D eigenvalue weighted by Crippen LogP contribution is 2.35. The van der Waals surface area contributed by atoms with Crippen molar-refractivity contribution in [3.8, 4) is 11.6 Å². The Hall–Kier alpha value is -2.44. The second-order valence-electron chi connectivity index (χ2n) is 7.60. The third-order valence-electron chi connectivity index (χ3n) is 5.72. The Morgan fingerprint density at radius 3 is 2.56 bits per heavy atom. The van der Waals surface area contributed by atoms with E-state index >= 15 is 0 Å². The van der Waals surface area contributed by atoms with Gasteiger partial charge in [0.25, 0.3) is 5.88 Å². The summed E-state index contributed by atoms with van der Waals surface area (Å²) in [4.78, 5) is 12.5. The number of hydrogen-bond donors (Lipinski definition) is 1. The number of piperidine rings is 1. The van der Waals surface area contributed by atoms with E-state index < -0.39 is 6.09 Å². The summed E-state index contributed by atoms with van der Waals surface area (Å²) >= 11 is 0. The van der Waals surface area contributed by atoms with Crippen LogP contribution in [0.15, 0.2) is 22.7 Å². The summed E-state index contributed by atoms with van der Waals surface area (Å²) in [6, 6.07) is 5.71. The molecule has 7 heteroatoms. The molecule has 2 aliphatic rings. The van der Waals surface area contributed by atoms with Crippen LogP contribution in [0.25, 0.3) is 11.0 Å². The molecule has 7 nitrogen and oxygen atoms in total. The van der Waals surface area contributed by atoms with Gasteiger partial charge >= 0.3 is 6.09 Å². The second kappa shape index (κ2) is 8.06. The Morgan fingerprint density at radius 2 is 1.81 bits per heavy atom. The molecule has 0 radical (unpaired) electrons. The van der Waals surface area contributed by atoms with E-state index in [0.29, 0.717) is 43.0 Å². The van der Waals surface area contributed by atoms with Crippen molar-refractivity contribution >= 4 is 17.1 Å². The van der Waals surface area contributed by atoms with Gasteiger partial charge in [-0.05, 0) is 54.8 Å². The fraction of sp³-hybridized carbons (Fsp3) is 0.600. The quantitative estimate of drug-likeness (QED) is 0.817. The number of carboxylic acid groups (broad SMARTS) is 1. The third kappa shape index (κ3) is 4.12. The summed E-state index contributed by atoms with van der Waals surface area (Å²) in [6.07, 6.45) is 5.80. The van der Waals surface area contributed by atoms with E-state index in [-0.39, 0.29) is 0 Å². The summed E-state index contributed by atoms with van der Waals surface area (Å²) in [5.41, 5.74) is 0.662. The maximum atomic E-state index is 11.0. The van der Waals surface area contributed by atoms with Gasteiger partial charge in [0, 0.05) is 13.1 Å². The van der Waals surface area contributed by atoms with Crippen LogP contribution in [0.1, 0.15) is 38.5 Å². The molecule has 2 aromatic rings. The number of carbonyl (C=O) groups is 1. The first-order chi connectivity index (χ1) is 13.2. The van der Waals surface area contributed by atoms with Crippen LogP contribution in [0.4, 0.5) is 4.79 Å². The van der Waals surface area contributed by atoms with Gasteiger partial charge in [0.1, 0.15) is 11.1 Å². The van der Waals surface area contributed by atoms with E-state index in [1.807, 2.05) is 18.2 Å². The highest BCUT2D eigenvalue weighted by Gasteiger charge is 2.24. The van der Waals surface area contributed by atoms with E-state index in [0.717, 1.165) is 30.6 Å². The molecule has 146 valence electrons. The predicted molar refractivity (Wildman–Crippen MR) is 99.3 cm³/mol. The fourth-order valence-corrected chi connectivity index (χ4v) is 4.03. The smallest absolute Gasteiger partial charge is 0.407 e. The van der Waals surface area contributed by atoms with Crippen LogP contribution in [0, 0.1) is 11.8 Å². The number of aromatic nitrogens is 1. The molecule has 0 atom stereocenters. The SMILES string of the molecule is O=C(O)N1CCC(COc2noc3cccc(OCC4CCCC4)c23)CC1. The lowest BCUT2D eigenvalue weighted by atomic mass is 9.98. The third-order valence-corrected chi connectivity index (χ3v) is 5.72. The zero-order valence-corrected chi connectivity index (χ0v) is 15.4. The normalized spacial score (nSPS) is 18.9. The molecule has 1 aromatic heterocycles. The van der Waals surface area contributed by atoms with Crippen molar-refractivity contribution in [3.63, 3.8) is 0 Å². The summed E-state index contributed by atoms with van der Waals surface area (Å²) in [5.74, 6) is 2.17. The Morgan fingerprint density at radius 1 is 1.11 bits per heavy atom. The van der Waals surface area contributed by atoms with Gasteiger partial charge in [0.2, 0.25) is 0 Å². The van der Waals surface area contributed by atoms with Crippen molar-refractivity contribution < 1.29 is 23.9 Å². The van der Waals surface area contributed by atoms with E-state index in [1.165, 1.54) is 30.6 Å². The minimum atomic E-state index is -0.846. The molecule has 1 N–H and O–H groups in total. The average Bonchev–Trinajstić information content (AvgIpc) is 3.35. The van der Waals surface area contributed by atoms with E-state index in [9.17, 15) is 4.79 Å². The van der Waals surface area contributed by atoms with Crippen LogP contribution in [0.5, 0.6) is 11.6 Å². The van der Waals surface area contributed by atoms with Gasteiger partial charge in [-0.1, -0.05) is 18.9 Å². The Balaban J connectivity index is 1.39. The highest BCUT2D eigenvalue weighted by atomic mass is 16.5. The van der Waals surface area contributed by atoms with Crippen LogP contribution < -0.4 is 9.47 Å². The van der Waals surface area contributed by atoms with Crippen LogP contribution >= 0.6 is 0 Å². The number of ether oxygens (including phenoxy) is 2. The Labute approximate surface area is 158 Å². The molecule has 1 aliphatic heterocycles. The van der Waals surface area contributed by atoms with Gasteiger partial charge in [-0.3, -0.25) is 0 Å². The molecular weight excluding hydrogens is 348 g/mol. The van der Waals surface area contributed by atoms with Crippen LogP contribution in [0.2, 0.25) is 0 Å². The van der Waals surface area contributed by atoms with Crippen molar-refractivity contribution in [2.45, 2.75) is 38.5 Å². The van der Waals surface area contributed by atoms with Crippen molar-refractivity contribution in [2.24, 2.45) is 11.8 Å². The molecular formula is C20H26N2O5. The maximum absolute atomic E-state index is 11.0. The summed E-state index contributed by atoms with van der Waals surface area (Å²) in [5, 5.41) is 13.9. The zero-order valence-electron chi connectivity index (χ0n) is 15.4. The van der Waals surface area contributed by atoms with Gasteiger partial charge in [-0.2, -0.15) is 0 Å². The highest BCUT2D eigenvalue weighted by molar-refractivity contribution is 5.88. The van der Waals surface area contributed by atoms with Crippen LogP contribution in [-0.2, 0) is 0 Å². The van der Waals surface area contributed by atoms with E-state index in [1.54, 1.807) is 0 Å². The monoisotopic (exact) mass is 374 g/mol. The maximum Gasteiger partial charge on any atom is 0.407 e. The number of hydrogen-bond acceptors (Lipinski definition) is 5. The summed E-state index contributed by atoms with van der Waals surface area (Å²) in [7, 11) is 0. The predicted octanol–water partition coefficient (Wildman–Crippen LogP) is 4.17. The molecule has 27 heavy (non-hydrogen) atoms. The molecule has 0 spiro atoms. The molecule has 1 aromatic carbocycles. The number of benzene rings is 1. The lowest BCUT2D eigenvalue weighted by Crippen LogP contribution is -2.38. The lowest BCUT2D eigenvalue weighted by Gasteiger charge is -2.29. The van der Waals surface area contributed by atoms with Gasteiger partial charge < -0.3 is 24.0 Å². The molecule has 1 aliphatic carbocycles. The van der Waals surface area contributed by atoms with E-state index in [4.69, 9.17) is 19.1 Å². The van der Waals surface area contributed by atoms with Crippen molar-refractivity contribution in [2.75, 3.05) is 26.3 Å². The molecule has 0 unspecified atom stereocenters. The first-order valence-electron chi connectivity index (χ1n) is 9.82. The molecule has 1 saturated carbocycles. The van der Waals surface area contributed by atoms with Crippen molar-refractivity contribution in [3.05, 3.63) is 18.2 Å². The molecule has 0 bridgehead atoms. The summed E-state index contributed by atoms with van der Waals surface area (Å²) < 4.78 is 17.4. The minimum absolute atomic E-state index is 0.318. The van der Waals surface area contributed by atoms with Gasteiger partial charge in [0.05, 0.1) is 13.2 Å². The van der Waals surface area contributed by atoms with Gasteiger partial charge in [-0.15, -0.1) is 0 Å².